The van der Waals surface area contributed by atoms with Crippen molar-refractivity contribution in [2.75, 3.05) is 7.11 Å². The van der Waals surface area contributed by atoms with E-state index in [1.165, 1.54) is 0 Å². The Morgan fingerprint density at radius 3 is 2.84 bits per heavy atom. The van der Waals surface area contributed by atoms with Crippen molar-refractivity contribution in [1.82, 2.24) is 4.98 Å². The number of halogens is 1. The van der Waals surface area contributed by atoms with Crippen LogP contribution in [0.15, 0.2) is 36.5 Å². The Bertz CT molecular complexity index is 572. The highest BCUT2D eigenvalue weighted by atomic mass is 127. The second kappa shape index (κ2) is 6.51. The average Bonchev–Trinajstić information content (AvgIpc) is 2.46. The molecule has 0 aliphatic heterocycles. The molecule has 0 N–H and O–H groups in total. The molecule has 0 radical (unpaired) electrons. The third kappa shape index (κ3) is 3.44. The van der Waals surface area contributed by atoms with E-state index in [0.717, 1.165) is 15.6 Å². The highest BCUT2D eigenvalue weighted by molar-refractivity contribution is 14.1. The molecule has 2 rings (SSSR count). The molecule has 1 heterocycles. The molecule has 0 saturated carbocycles. The summed E-state index contributed by atoms with van der Waals surface area (Å²) in [4.78, 5) is 15.0. The zero-order valence-corrected chi connectivity index (χ0v) is 12.5. The monoisotopic (exact) mass is 369 g/mol. The fourth-order valence-electron chi connectivity index (χ4n) is 1.58. The standard InChI is InChI=1S/C14H12INO3/c1-18-13-7-10(8-17)6-12(15)14(13)19-9-11-4-2-3-5-16-11/h2-8H,9H2,1H3. The molecule has 0 amide bonds. The summed E-state index contributed by atoms with van der Waals surface area (Å²) in [6, 6.07) is 9.06. The van der Waals surface area contributed by atoms with E-state index in [4.69, 9.17) is 9.47 Å². The second-order valence-corrected chi connectivity index (χ2v) is 4.92. The van der Waals surface area contributed by atoms with E-state index >= 15 is 0 Å². The first-order chi connectivity index (χ1) is 9.24. The Kier molecular flexibility index (Phi) is 4.73. The van der Waals surface area contributed by atoms with Crippen molar-refractivity contribution in [1.29, 1.82) is 0 Å². The number of aromatic nitrogens is 1. The summed E-state index contributed by atoms with van der Waals surface area (Å²) in [7, 11) is 1.55. The van der Waals surface area contributed by atoms with E-state index in [2.05, 4.69) is 27.6 Å². The lowest BCUT2D eigenvalue weighted by molar-refractivity contribution is 0.112. The third-order valence-corrected chi connectivity index (χ3v) is 3.28. The van der Waals surface area contributed by atoms with Crippen LogP contribution >= 0.6 is 22.6 Å². The van der Waals surface area contributed by atoms with Crippen LogP contribution in [-0.4, -0.2) is 18.4 Å². The summed E-state index contributed by atoms with van der Waals surface area (Å²) in [5.74, 6) is 1.17. The van der Waals surface area contributed by atoms with Gasteiger partial charge in [-0.05, 0) is 46.9 Å². The molecule has 98 valence electrons. The number of rotatable bonds is 5. The fourth-order valence-corrected chi connectivity index (χ4v) is 2.36. The van der Waals surface area contributed by atoms with E-state index in [1.54, 1.807) is 25.4 Å². The lowest BCUT2D eigenvalue weighted by Crippen LogP contribution is -2.01. The van der Waals surface area contributed by atoms with E-state index < -0.39 is 0 Å². The Morgan fingerprint density at radius 1 is 1.37 bits per heavy atom. The topological polar surface area (TPSA) is 48.4 Å². The number of hydrogen-bond acceptors (Lipinski definition) is 4. The number of benzene rings is 1. The quantitative estimate of drug-likeness (QED) is 0.601. The number of carbonyl (C=O) groups excluding carboxylic acids is 1. The van der Waals surface area contributed by atoms with Crippen molar-refractivity contribution in [3.05, 3.63) is 51.4 Å². The molecule has 2 aromatic rings. The van der Waals surface area contributed by atoms with Crippen molar-refractivity contribution < 1.29 is 14.3 Å². The van der Waals surface area contributed by atoms with Crippen LogP contribution < -0.4 is 9.47 Å². The minimum atomic E-state index is 0.355. The number of pyridine rings is 1. The first-order valence-electron chi connectivity index (χ1n) is 5.60. The number of methoxy groups -OCH3 is 1. The van der Waals surface area contributed by atoms with Crippen LogP contribution in [0, 0.1) is 3.57 Å². The largest absolute Gasteiger partial charge is 0.493 e. The first-order valence-corrected chi connectivity index (χ1v) is 6.68. The lowest BCUT2D eigenvalue weighted by atomic mass is 10.2. The van der Waals surface area contributed by atoms with Crippen molar-refractivity contribution in [3.8, 4) is 11.5 Å². The summed E-state index contributed by atoms with van der Waals surface area (Å²) in [5, 5.41) is 0. The molecule has 0 spiro atoms. The van der Waals surface area contributed by atoms with Gasteiger partial charge in [0.25, 0.3) is 0 Å². The Labute approximate surface area is 124 Å². The third-order valence-electron chi connectivity index (χ3n) is 2.48. The van der Waals surface area contributed by atoms with Gasteiger partial charge >= 0.3 is 0 Å². The maximum Gasteiger partial charge on any atom is 0.175 e. The van der Waals surface area contributed by atoms with Gasteiger partial charge in [0.1, 0.15) is 12.9 Å². The summed E-state index contributed by atoms with van der Waals surface area (Å²) in [6.45, 7) is 0.355. The maximum atomic E-state index is 10.8. The van der Waals surface area contributed by atoms with Gasteiger partial charge in [-0.25, -0.2) is 0 Å². The van der Waals surface area contributed by atoms with Gasteiger partial charge in [0, 0.05) is 11.8 Å². The molecule has 0 aliphatic carbocycles. The molecule has 0 aliphatic rings. The molecule has 5 heteroatoms. The number of carbonyl (C=O) groups is 1. The average molecular weight is 369 g/mol. The predicted molar refractivity (Wildman–Crippen MR) is 79.7 cm³/mol. The van der Waals surface area contributed by atoms with E-state index in [1.807, 2.05) is 18.2 Å². The van der Waals surface area contributed by atoms with Gasteiger partial charge < -0.3 is 9.47 Å². The molecule has 0 fully saturated rings. The van der Waals surface area contributed by atoms with Crippen LogP contribution in [0.5, 0.6) is 11.5 Å². The molecule has 1 aromatic heterocycles. The molecule has 0 bridgehead atoms. The first kappa shape index (κ1) is 13.8. The van der Waals surface area contributed by atoms with Gasteiger partial charge in [-0.1, -0.05) is 6.07 Å². The van der Waals surface area contributed by atoms with E-state index in [0.29, 0.717) is 23.7 Å². The highest BCUT2D eigenvalue weighted by Gasteiger charge is 2.11. The molecule has 0 saturated heterocycles. The number of ether oxygens (including phenoxy) is 2. The molecular formula is C14H12INO3. The predicted octanol–water partition coefficient (Wildman–Crippen LogP) is 3.09. The summed E-state index contributed by atoms with van der Waals surface area (Å²) >= 11 is 2.12. The molecule has 19 heavy (non-hydrogen) atoms. The van der Waals surface area contributed by atoms with Crippen LogP contribution in [0.4, 0.5) is 0 Å². The normalized spacial score (nSPS) is 10.0. The Balaban J connectivity index is 2.22. The molecule has 0 unspecified atom stereocenters. The van der Waals surface area contributed by atoms with Crippen molar-refractivity contribution in [2.24, 2.45) is 0 Å². The zero-order valence-electron chi connectivity index (χ0n) is 10.3. The van der Waals surface area contributed by atoms with Gasteiger partial charge in [-0.3, -0.25) is 9.78 Å². The van der Waals surface area contributed by atoms with Crippen molar-refractivity contribution in [3.63, 3.8) is 0 Å². The van der Waals surface area contributed by atoms with Crippen LogP contribution in [0.3, 0.4) is 0 Å². The SMILES string of the molecule is COc1cc(C=O)cc(I)c1OCc1ccccn1. The smallest absolute Gasteiger partial charge is 0.175 e. The number of hydrogen-bond donors (Lipinski definition) is 0. The summed E-state index contributed by atoms with van der Waals surface area (Å²) in [5.41, 5.74) is 1.39. The van der Waals surface area contributed by atoms with Crippen LogP contribution in [0.2, 0.25) is 0 Å². The molecule has 4 nitrogen and oxygen atoms in total. The van der Waals surface area contributed by atoms with Gasteiger partial charge in [0.2, 0.25) is 0 Å². The zero-order chi connectivity index (χ0) is 13.7. The van der Waals surface area contributed by atoms with Crippen molar-refractivity contribution >= 4 is 28.9 Å². The van der Waals surface area contributed by atoms with Crippen molar-refractivity contribution in [2.45, 2.75) is 6.61 Å². The summed E-state index contributed by atoms with van der Waals surface area (Å²) < 4.78 is 11.8. The van der Waals surface area contributed by atoms with Gasteiger partial charge in [0.05, 0.1) is 16.4 Å². The van der Waals surface area contributed by atoms with Crippen LogP contribution in [0.1, 0.15) is 16.1 Å². The van der Waals surface area contributed by atoms with Gasteiger partial charge in [-0.2, -0.15) is 0 Å². The van der Waals surface area contributed by atoms with Crippen LogP contribution in [0.25, 0.3) is 0 Å². The Morgan fingerprint density at radius 2 is 2.21 bits per heavy atom. The molecule has 0 atom stereocenters. The lowest BCUT2D eigenvalue weighted by Gasteiger charge is -2.12. The van der Waals surface area contributed by atoms with E-state index in [-0.39, 0.29) is 0 Å². The second-order valence-electron chi connectivity index (χ2n) is 3.76. The minimum Gasteiger partial charge on any atom is -0.493 e. The fraction of sp³-hybridized carbons (Fsp3) is 0.143. The Hall–Kier alpha value is -1.63. The van der Waals surface area contributed by atoms with Gasteiger partial charge in [0.15, 0.2) is 11.5 Å². The minimum absolute atomic E-state index is 0.355. The van der Waals surface area contributed by atoms with Crippen LogP contribution in [-0.2, 0) is 6.61 Å². The summed E-state index contributed by atoms with van der Waals surface area (Å²) in [6.07, 6.45) is 2.50. The van der Waals surface area contributed by atoms with Gasteiger partial charge in [-0.15, -0.1) is 0 Å². The number of nitrogens with zero attached hydrogens (tertiary/aromatic N) is 1. The highest BCUT2D eigenvalue weighted by Crippen LogP contribution is 2.34. The molecular weight excluding hydrogens is 357 g/mol. The number of aldehydes is 1. The maximum absolute atomic E-state index is 10.8. The van der Waals surface area contributed by atoms with E-state index in [9.17, 15) is 4.79 Å². The molecule has 1 aromatic carbocycles.